The molecule has 1 fully saturated rings. The maximum atomic E-state index is 12.6. The predicted octanol–water partition coefficient (Wildman–Crippen LogP) is 2.43. The molecule has 1 amide bonds. The third-order valence-electron chi connectivity index (χ3n) is 3.79. The molecule has 0 spiro atoms. The molecule has 2 atom stereocenters. The second kappa shape index (κ2) is 6.75. The lowest BCUT2D eigenvalue weighted by Crippen LogP contribution is -2.41. The van der Waals surface area contributed by atoms with Crippen LogP contribution in [0.3, 0.4) is 0 Å². The van der Waals surface area contributed by atoms with Gasteiger partial charge in [0.1, 0.15) is 6.10 Å². The highest BCUT2D eigenvalue weighted by molar-refractivity contribution is 5.81. The minimum Gasteiger partial charge on any atom is -0.399 e. The summed E-state index contributed by atoms with van der Waals surface area (Å²) in [5.41, 5.74) is 7.54. The van der Waals surface area contributed by atoms with Crippen molar-refractivity contribution >= 4 is 11.6 Å². The van der Waals surface area contributed by atoms with Gasteiger partial charge in [0.05, 0.1) is 0 Å². The van der Waals surface area contributed by atoms with E-state index < -0.39 is 0 Å². The van der Waals surface area contributed by atoms with E-state index in [-0.39, 0.29) is 12.0 Å². The lowest BCUT2D eigenvalue weighted by molar-refractivity contribution is -0.143. The van der Waals surface area contributed by atoms with Gasteiger partial charge in [-0.15, -0.1) is 0 Å². The normalized spacial score (nSPS) is 21.9. The number of nitrogens with zero attached hydrogens (tertiary/aromatic N) is 1. The van der Waals surface area contributed by atoms with Crippen molar-refractivity contribution in [2.24, 2.45) is 5.92 Å². The van der Waals surface area contributed by atoms with E-state index in [2.05, 4.69) is 13.8 Å². The number of carbonyl (C=O) groups is 1. The van der Waals surface area contributed by atoms with Crippen LogP contribution in [0.4, 0.5) is 5.69 Å². The highest BCUT2D eigenvalue weighted by atomic mass is 16.5. The first-order chi connectivity index (χ1) is 9.61. The molecule has 2 rings (SSSR count). The van der Waals surface area contributed by atoms with Crippen molar-refractivity contribution in [3.63, 3.8) is 0 Å². The number of nitrogen functional groups attached to an aromatic ring is 1. The van der Waals surface area contributed by atoms with E-state index >= 15 is 0 Å². The Morgan fingerprint density at radius 3 is 2.65 bits per heavy atom. The van der Waals surface area contributed by atoms with Gasteiger partial charge < -0.3 is 15.4 Å². The van der Waals surface area contributed by atoms with Crippen LogP contribution in [0, 0.1) is 5.92 Å². The Morgan fingerprint density at radius 1 is 1.40 bits per heavy atom. The summed E-state index contributed by atoms with van der Waals surface area (Å²) in [6.45, 7) is 6.25. The second-order valence-electron chi connectivity index (χ2n) is 5.56. The smallest absolute Gasteiger partial charge is 0.252 e. The first kappa shape index (κ1) is 14.9. The highest BCUT2D eigenvalue weighted by Gasteiger charge is 2.33. The zero-order valence-electron chi connectivity index (χ0n) is 12.3. The Bertz CT molecular complexity index is 444. The van der Waals surface area contributed by atoms with E-state index in [1.165, 1.54) is 0 Å². The molecule has 1 saturated heterocycles. The van der Waals surface area contributed by atoms with Crippen LogP contribution in [-0.2, 0) is 16.1 Å². The number of anilines is 1. The molecule has 4 nitrogen and oxygen atoms in total. The van der Waals surface area contributed by atoms with Gasteiger partial charge in [0.25, 0.3) is 5.91 Å². The van der Waals surface area contributed by atoms with Gasteiger partial charge >= 0.3 is 0 Å². The van der Waals surface area contributed by atoms with Crippen LogP contribution in [0.1, 0.15) is 32.3 Å². The average Bonchev–Trinajstić information content (AvgIpc) is 2.86. The Labute approximate surface area is 120 Å². The van der Waals surface area contributed by atoms with Crippen LogP contribution in [0.15, 0.2) is 24.3 Å². The Hall–Kier alpha value is -1.55. The topological polar surface area (TPSA) is 55.6 Å². The molecular weight excluding hydrogens is 252 g/mol. The average molecular weight is 276 g/mol. The van der Waals surface area contributed by atoms with Crippen molar-refractivity contribution in [1.29, 1.82) is 0 Å². The molecule has 0 saturated carbocycles. The minimum atomic E-state index is -0.268. The molecule has 0 aliphatic carbocycles. The second-order valence-corrected chi connectivity index (χ2v) is 5.56. The molecule has 20 heavy (non-hydrogen) atoms. The maximum absolute atomic E-state index is 12.6. The van der Waals surface area contributed by atoms with Crippen molar-refractivity contribution in [1.82, 2.24) is 4.90 Å². The molecule has 1 aliphatic rings. The summed E-state index contributed by atoms with van der Waals surface area (Å²) in [6, 6.07) is 7.70. The first-order valence-electron chi connectivity index (χ1n) is 7.36. The molecule has 1 aromatic rings. The number of benzene rings is 1. The third-order valence-corrected chi connectivity index (χ3v) is 3.79. The number of nitrogens with two attached hydrogens (primary N) is 1. The molecule has 0 bridgehead atoms. The zero-order chi connectivity index (χ0) is 14.5. The molecular formula is C16H24N2O2. The summed E-state index contributed by atoms with van der Waals surface area (Å²) in [4.78, 5) is 14.5. The molecule has 1 aromatic carbocycles. The van der Waals surface area contributed by atoms with Crippen molar-refractivity contribution < 1.29 is 9.53 Å². The van der Waals surface area contributed by atoms with Gasteiger partial charge in [-0.05, 0) is 36.5 Å². The molecule has 2 N–H and O–H groups in total. The quantitative estimate of drug-likeness (QED) is 0.840. The van der Waals surface area contributed by atoms with Crippen molar-refractivity contribution in [3.8, 4) is 0 Å². The van der Waals surface area contributed by atoms with Gasteiger partial charge in [-0.1, -0.05) is 26.0 Å². The van der Waals surface area contributed by atoms with E-state index in [9.17, 15) is 4.79 Å². The van der Waals surface area contributed by atoms with E-state index in [0.717, 1.165) is 30.6 Å². The summed E-state index contributed by atoms with van der Waals surface area (Å²) in [6.07, 6.45) is 1.65. The fourth-order valence-corrected chi connectivity index (χ4v) is 2.57. The summed E-state index contributed by atoms with van der Waals surface area (Å²) in [5, 5.41) is 0. The number of amides is 1. The Kier molecular flexibility index (Phi) is 5.01. The number of carbonyl (C=O) groups excluding carboxylic acids is 1. The SMILES string of the molecule is CCCN(Cc1ccc(N)cc1)C(=O)C1OCCC1C. The number of hydrogen-bond acceptors (Lipinski definition) is 3. The van der Waals surface area contributed by atoms with Gasteiger partial charge in [-0.3, -0.25) is 4.79 Å². The summed E-state index contributed by atoms with van der Waals surface area (Å²) >= 11 is 0. The zero-order valence-corrected chi connectivity index (χ0v) is 12.3. The molecule has 1 aliphatic heterocycles. The minimum absolute atomic E-state index is 0.119. The summed E-state index contributed by atoms with van der Waals surface area (Å²) in [7, 11) is 0. The maximum Gasteiger partial charge on any atom is 0.252 e. The van der Waals surface area contributed by atoms with Crippen LogP contribution in [0.2, 0.25) is 0 Å². The molecule has 1 heterocycles. The highest BCUT2D eigenvalue weighted by Crippen LogP contribution is 2.23. The monoisotopic (exact) mass is 276 g/mol. The lowest BCUT2D eigenvalue weighted by Gasteiger charge is -2.26. The molecule has 2 unspecified atom stereocenters. The van der Waals surface area contributed by atoms with Crippen LogP contribution in [0.5, 0.6) is 0 Å². The number of rotatable bonds is 5. The van der Waals surface area contributed by atoms with Crippen molar-refractivity contribution in [2.75, 3.05) is 18.9 Å². The molecule has 110 valence electrons. The Morgan fingerprint density at radius 2 is 2.10 bits per heavy atom. The first-order valence-corrected chi connectivity index (χ1v) is 7.36. The molecule has 0 radical (unpaired) electrons. The van der Waals surface area contributed by atoms with Crippen LogP contribution in [0.25, 0.3) is 0 Å². The Balaban J connectivity index is 2.06. The fraction of sp³-hybridized carbons (Fsp3) is 0.562. The summed E-state index contributed by atoms with van der Waals surface area (Å²) < 4.78 is 5.60. The number of ether oxygens (including phenoxy) is 1. The van der Waals surface area contributed by atoms with Crippen LogP contribution < -0.4 is 5.73 Å². The molecule has 4 heteroatoms. The van der Waals surface area contributed by atoms with Crippen molar-refractivity contribution in [3.05, 3.63) is 29.8 Å². The third kappa shape index (κ3) is 3.51. The van der Waals surface area contributed by atoms with E-state index in [0.29, 0.717) is 19.1 Å². The summed E-state index contributed by atoms with van der Waals surface area (Å²) in [5.74, 6) is 0.432. The number of hydrogen-bond donors (Lipinski definition) is 1. The lowest BCUT2D eigenvalue weighted by atomic mass is 10.0. The van der Waals surface area contributed by atoms with Crippen LogP contribution in [-0.4, -0.2) is 30.1 Å². The van der Waals surface area contributed by atoms with E-state index in [1.807, 2.05) is 29.2 Å². The van der Waals surface area contributed by atoms with Gasteiger partial charge in [0.2, 0.25) is 0 Å². The van der Waals surface area contributed by atoms with Gasteiger partial charge in [0, 0.05) is 25.4 Å². The van der Waals surface area contributed by atoms with Crippen LogP contribution >= 0.6 is 0 Å². The van der Waals surface area contributed by atoms with E-state index in [4.69, 9.17) is 10.5 Å². The van der Waals surface area contributed by atoms with Gasteiger partial charge in [-0.2, -0.15) is 0 Å². The standard InChI is InChI=1S/C16H24N2O2/c1-3-9-18(11-13-4-6-14(17)7-5-13)16(19)15-12(2)8-10-20-15/h4-7,12,15H,3,8-11,17H2,1-2H3. The fourth-order valence-electron chi connectivity index (χ4n) is 2.57. The van der Waals surface area contributed by atoms with Gasteiger partial charge in [0.15, 0.2) is 0 Å². The predicted molar refractivity (Wildman–Crippen MR) is 80.1 cm³/mol. The van der Waals surface area contributed by atoms with Gasteiger partial charge in [-0.25, -0.2) is 0 Å². The van der Waals surface area contributed by atoms with E-state index in [1.54, 1.807) is 0 Å². The van der Waals surface area contributed by atoms with Crippen molar-refractivity contribution in [2.45, 2.75) is 39.3 Å². The largest absolute Gasteiger partial charge is 0.399 e. The molecule has 0 aromatic heterocycles.